The fourth-order valence-corrected chi connectivity index (χ4v) is 4.07. The SMILES string of the molecule is O=C(Nc1ccc(C2=CCN(C(=O)c3ccccc3)CC2)nc1)N1Cc2ccncc2C1. The minimum absolute atomic E-state index is 0.0479. The standard InChI is InChI=1S/C25H23N5O2/c31-24(19-4-2-1-3-5-19)29-12-9-18(10-13-29)23-7-6-22(15-27-23)28-25(32)30-16-20-8-11-26-14-21(20)17-30/h1-9,11,14-15H,10,12-13,16-17H2,(H,28,32). The van der Waals surface area contributed by atoms with E-state index in [-0.39, 0.29) is 11.9 Å². The summed E-state index contributed by atoms with van der Waals surface area (Å²) in [6.07, 6.45) is 8.04. The number of benzene rings is 1. The van der Waals surface area contributed by atoms with Crippen molar-refractivity contribution in [1.82, 2.24) is 19.8 Å². The Morgan fingerprint density at radius 2 is 1.75 bits per heavy atom. The molecule has 160 valence electrons. The summed E-state index contributed by atoms with van der Waals surface area (Å²) in [5.41, 5.74) is 5.56. The van der Waals surface area contributed by atoms with Gasteiger partial charge in [0.25, 0.3) is 5.91 Å². The van der Waals surface area contributed by atoms with Crippen molar-refractivity contribution in [2.45, 2.75) is 19.5 Å². The molecule has 3 aromatic rings. The topological polar surface area (TPSA) is 78.4 Å². The van der Waals surface area contributed by atoms with E-state index in [0.717, 1.165) is 28.8 Å². The quantitative estimate of drug-likeness (QED) is 0.689. The third-order valence-corrected chi connectivity index (χ3v) is 5.88. The van der Waals surface area contributed by atoms with Gasteiger partial charge in [-0.05, 0) is 53.5 Å². The maximum Gasteiger partial charge on any atom is 0.322 e. The number of rotatable bonds is 3. The molecule has 0 radical (unpaired) electrons. The van der Waals surface area contributed by atoms with Crippen LogP contribution in [0.25, 0.3) is 5.57 Å². The summed E-state index contributed by atoms with van der Waals surface area (Å²) < 4.78 is 0. The molecule has 2 aromatic heterocycles. The van der Waals surface area contributed by atoms with Crippen LogP contribution in [-0.4, -0.2) is 44.8 Å². The largest absolute Gasteiger partial charge is 0.335 e. The van der Waals surface area contributed by atoms with Gasteiger partial charge in [-0.3, -0.25) is 14.8 Å². The number of carbonyl (C=O) groups excluding carboxylic acids is 2. The van der Waals surface area contributed by atoms with E-state index in [1.807, 2.05) is 59.6 Å². The molecule has 0 atom stereocenters. The van der Waals surface area contributed by atoms with Gasteiger partial charge in [0, 0.05) is 44.1 Å². The molecule has 7 nitrogen and oxygen atoms in total. The van der Waals surface area contributed by atoms with Gasteiger partial charge in [0.2, 0.25) is 0 Å². The number of fused-ring (bicyclic) bond motifs is 1. The van der Waals surface area contributed by atoms with Gasteiger partial charge in [-0.15, -0.1) is 0 Å². The van der Waals surface area contributed by atoms with E-state index in [1.54, 1.807) is 17.3 Å². The number of aromatic nitrogens is 2. The van der Waals surface area contributed by atoms with E-state index in [0.29, 0.717) is 37.4 Å². The minimum Gasteiger partial charge on any atom is -0.335 e. The highest BCUT2D eigenvalue weighted by atomic mass is 16.2. The van der Waals surface area contributed by atoms with E-state index >= 15 is 0 Å². The molecular weight excluding hydrogens is 402 g/mol. The summed E-state index contributed by atoms with van der Waals surface area (Å²) in [7, 11) is 0. The molecule has 4 heterocycles. The number of hydrogen-bond acceptors (Lipinski definition) is 4. The molecule has 5 rings (SSSR count). The zero-order valence-electron chi connectivity index (χ0n) is 17.6. The summed E-state index contributed by atoms with van der Waals surface area (Å²) >= 11 is 0. The summed E-state index contributed by atoms with van der Waals surface area (Å²) in [6, 6.07) is 14.9. The molecule has 3 amide bonds. The van der Waals surface area contributed by atoms with E-state index in [9.17, 15) is 9.59 Å². The van der Waals surface area contributed by atoms with Crippen LogP contribution in [-0.2, 0) is 13.1 Å². The van der Waals surface area contributed by atoms with E-state index < -0.39 is 0 Å². The van der Waals surface area contributed by atoms with Crippen LogP contribution in [0.1, 0.15) is 33.6 Å². The van der Waals surface area contributed by atoms with Crippen molar-refractivity contribution in [3.63, 3.8) is 0 Å². The molecule has 0 aliphatic carbocycles. The molecule has 2 aliphatic heterocycles. The van der Waals surface area contributed by atoms with Crippen molar-refractivity contribution >= 4 is 23.2 Å². The highest BCUT2D eigenvalue weighted by molar-refractivity contribution is 5.94. The van der Waals surface area contributed by atoms with E-state index in [1.165, 1.54) is 0 Å². The Labute approximate surface area is 186 Å². The third-order valence-electron chi connectivity index (χ3n) is 5.88. The molecule has 0 spiro atoms. The number of pyridine rings is 2. The molecule has 32 heavy (non-hydrogen) atoms. The van der Waals surface area contributed by atoms with Gasteiger partial charge in [0.05, 0.1) is 17.6 Å². The van der Waals surface area contributed by atoms with Crippen LogP contribution in [0, 0.1) is 0 Å². The zero-order chi connectivity index (χ0) is 21.9. The van der Waals surface area contributed by atoms with E-state index in [4.69, 9.17) is 0 Å². The van der Waals surface area contributed by atoms with Gasteiger partial charge in [-0.2, -0.15) is 0 Å². The number of amides is 3. The Bertz CT molecular complexity index is 1150. The predicted octanol–water partition coefficient (Wildman–Crippen LogP) is 3.95. The molecule has 0 bridgehead atoms. The van der Waals surface area contributed by atoms with Crippen LogP contribution in [0.3, 0.4) is 0 Å². The highest BCUT2D eigenvalue weighted by Crippen LogP contribution is 2.24. The average molecular weight is 425 g/mol. The smallest absolute Gasteiger partial charge is 0.322 e. The van der Waals surface area contributed by atoms with Crippen LogP contribution in [0.15, 0.2) is 73.2 Å². The van der Waals surface area contributed by atoms with Crippen LogP contribution in [0.4, 0.5) is 10.5 Å². The van der Waals surface area contributed by atoms with Gasteiger partial charge >= 0.3 is 6.03 Å². The highest BCUT2D eigenvalue weighted by Gasteiger charge is 2.23. The van der Waals surface area contributed by atoms with Crippen LogP contribution < -0.4 is 5.32 Å². The molecule has 0 saturated heterocycles. The Hall–Kier alpha value is -4.00. The first-order valence-corrected chi connectivity index (χ1v) is 10.6. The fourth-order valence-electron chi connectivity index (χ4n) is 4.07. The summed E-state index contributed by atoms with van der Waals surface area (Å²) in [4.78, 5) is 37.5. The first kappa shape index (κ1) is 19.9. The second-order valence-corrected chi connectivity index (χ2v) is 7.96. The van der Waals surface area contributed by atoms with Crippen molar-refractivity contribution in [3.05, 3.63) is 95.6 Å². The lowest BCUT2D eigenvalue weighted by molar-refractivity contribution is 0.0773. The number of urea groups is 1. The Morgan fingerprint density at radius 3 is 2.47 bits per heavy atom. The number of anilines is 1. The van der Waals surface area contributed by atoms with Crippen molar-refractivity contribution in [1.29, 1.82) is 0 Å². The van der Waals surface area contributed by atoms with Crippen LogP contribution >= 0.6 is 0 Å². The van der Waals surface area contributed by atoms with Gasteiger partial charge in [-0.1, -0.05) is 24.3 Å². The molecule has 7 heteroatoms. The van der Waals surface area contributed by atoms with Gasteiger partial charge < -0.3 is 15.1 Å². The third kappa shape index (κ3) is 4.09. The number of hydrogen-bond donors (Lipinski definition) is 1. The predicted molar refractivity (Wildman–Crippen MR) is 122 cm³/mol. The van der Waals surface area contributed by atoms with Crippen molar-refractivity contribution in [2.75, 3.05) is 18.4 Å². The second-order valence-electron chi connectivity index (χ2n) is 7.96. The lowest BCUT2D eigenvalue weighted by Gasteiger charge is -2.26. The molecule has 1 N–H and O–H groups in total. The Kier molecular flexibility index (Phi) is 5.37. The lowest BCUT2D eigenvalue weighted by Crippen LogP contribution is -2.34. The lowest BCUT2D eigenvalue weighted by atomic mass is 10.0. The molecule has 0 unspecified atom stereocenters. The van der Waals surface area contributed by atoms with Crippen molar-refractivity contribution < 1.29 is 9.59 Å². The molecule has 0 saturated carbocycles. The van der Waals surface area contributed by atoms with Crippen LogP contribution in [0.2, 0.25) is 0 Å². The average Bonchev–Trinajstić information content (AvgIpc) is 3.29. The van der Waals surface area contributed by atoms with Gasteiger partial charge in [-0.25, -0.2) is 4.79 Å². The Balaban J connectivity index is 1.19. The fraction of sp³-hybridized carbons (Fsp3) is 0.200. The number of nitrogens with zero attached hydrogens (tertiary/aromatic N) is 4. The van der Waals surface area contributed by atoms with Gasteiger partial charge in [0.1, 0.15) is 0 Å². The second kappa shape index (κ2) is 8.63. The first-order valence-electron chi connectivity index (χ1n) is 10.6. The van der Waals surface area contributed by atoms with Crippen molar-refractivity contribution in [2.24, 2.45) is 0 Å². The molecular formula is C25H23N5O2. The summed E-state index contributed by atoms with van der Waals surface area (Å²) in [5, 5.41) is 2.92. The minimum atomic E-state index is -0.150. The molecule has 0 fully saturated rings. The summed E-state index contributed by atoms with van der Waals surface area (Å²) in [5.74, 6) is 0.0479. The Morgan fingerprint density at radius 1 is 0.906 bits per heavy atom. The zero-order valence-corrected chi connectivity index (χ0v) is 17.6. The maximum atomic E-state index is 12.6. The number of carbonyl (C=O) groups is 2. The normalized spacial score (nSPS) is 15.2. The van der Waals surface area contributed by atoms with E-state index in [2.05, 4.69) is 21.4 Å². The maximum absolute atomic E-state index is 12.6. The first-order chi connectivity index (χ1) is 15.7. The molecule has 1 aromatic carbocycles. The summed E-state index contributed by atoms with van der Waals surface area (Å²) in [6.45, 7) is 2.36. The van der Waals surface area contributed by atoms with Crippen LogP contribution in [0.5, 0.6) is 0 Å². The van der Waals surface area contributed by atoms with Gasteiger partial charge in [0.15, 0.2) is 0 Å². The van der Waals surface area contributed by atoms with Crippen molar-refractivity contribution in [3.8, 4) is 0 Å². The number of nitrogens with one attached hydrogen (secondary N) is 1. The monoisotopic (exact) mass is 425 g/mol. The molecule has 2 aliphatic rings.